The van der Waals surface area contributed by atoms with Gasteiger partial charge in [0, 0.05) is 0 Å². The SMILES string of the molecule is CCCCCCCCCCCC/C=C/CCCCCCCCCCOC(=O)c1ccc(S(=O)(=O)[O-])cc1C(=O)OCCCCCCCCCC/C=C/CCCCCCCCCCCC.[Na+]. The second-order valence-corrected chi connectivity index (χ2v) is 19.9. The molecule has 1 aromatic carbocycles. The second kappa shape index (κ2) is 47.6. The summed E-state index contributed by atoms with van der Waals surface area (Å²) in [4.78, 5) is 25.4. The third-order valence-corrected chi connectivity index (χ3v) is 13.3. The Hall–Kier alpha value is -1.45. The Labute approximate surface area is 423 Å². The van der Waals surface area contributed by atoms with Gasteiger partial charge >= 0.3 is 41.5 Å². The smallest absolute Gasteiger partial charge is 0.744 e. The summed E-state index contributed by atoms with van der Waals surface area (Å²) >= 11 is 0. The van der Waals surface area contributed by atoms with Crippen LogP contribution in [-0.2, 0) is 19.6 Å². The van der Waals surface area contributed by atoms with Gasteiger partial charge < -0.3 is 14.0 Å². The molecule has 0 saturated carbocycles. The molecule has 65 heavy (non-hydrogen) atoms. The summed E-state index contributed by atoms with van der Waals surface area (Å²) in [6.07, 6.45) is 59.5. The number of esters is 2. The summed E-state index contributed by atoms with van der Waals surface area (Å²) < 4.78 is 46.0. The van der Waals surface area contributed by atoms with E-state index in [1.807, 2.05) is 0 Å². The number of unbranched alkanes of at least 4 members (excludes halogenated alkanes) is 36. The van der Waals surface area contributed by atoms with Gasteiger partial charge in [-0.15, -0.1) is 0 Å². The van der Waals surface area contributed by atoms with E-state index in [0.29, 0.717) is 12.8 Å². The van der Waals surface area contributed by atoms with Crippen molar-refractivity contribution in [1.29, 1.82) is 0 Å². The van der Waals surface area contributed by atoms with E-state index in [1.54, 1.807) is 0 Å². The van der Waals surface area contributed by atoms with Crippen molar-refractivity contribution in [2.24, 2.45) is 0 Å². The second-order valence-electron chi connectivity index (χ2n) is 18.6. The minimum Gasteiger partial charge on any atom is -0.744 e. The molecular formula is C56H97NaO7S. The van der Waals surface area contributed by atoms with E-state index in [0.717, 1.165) is 50.7 Å². The summed E-state index contributed by atoms with van der Waals surface area (Å²) in [7, 11) is -4.82. The first-order valence-corrected chi connectivity index (χ1v) is 28.5. The maximum atomic E-state index is 13.0. The van der Waals surface area contributed by atoms with Gasteiger partial charge in [-0.3, -0.25) is 0 Å². The van der Waals surface area contributed by atoms with Crippen LogP contribution in [0, 0.1) is 0 Å². The minimum absolute atomic E-state index is 0. The van der Waals surface area contributed by atoms with Crippen molar-refractivity contribution in [3.05, 3.63) is 53.6 Å². The van der Waals surface area contributed by atoms with Crippen molar-refractivity contribution < 1.29 is 61.6 Å². The van der Waals surface area contributed by atoms with Crippen LogP contribution >= 0.6 is 0 Å². The molecule has 1 aromatic rings. The van der Waals surface area contributed by atoms with Gasteiger partial charge in [0.25, 0.3) is 0 Å². The molecular weight excluding hydrogens is 840 g/mol. The molecule has 0 spiro atoms. The number of hydrogen-bond acceptors (Lipinski definition) is 7. The zero-order valence-corrected chi connectivity index (χ0v) is 45.3. The van der Waals surface area contributed by atoms with Gasteiger partial charge in [0.2, 0.25) is 0 Å². The molecule has 1 rings (SSSR count). The number of carbonyl (C=O) groups is 2. The number of benzene rings is 1. The first kappa shape index (κ1) is 63.5. The van der Waals surface area contributed by atoms with Gasteiger partial charge in [0.15, 0.2) is 0 Å². The molecule has 0 aliphatic rings. The molecule has 0 aliphatic carbocycles. The molecule has 0 fully saturated rings. The molecule has 9 heteroatoms. The molecule has 0 radical (unpaired) electrons. The van der Waals surface area contributed by atoms with Crippen molar-refractivity contribution >= 4 is 22.1 Å². The molecule has 7 nitrogen and oxygen atoms in total. The average Bonchev–Trinajstić information content (AvgIpc) is 3.28. The van der Waals surface area contributed by atoms with Crippen LogP contribution < -0.4 is 29.6 Å². The molecule has 0 saturated heterocycles. The number of carbonyl (C=O) groups excluding carboxylic acids is 2. The fraction of sp³-hybridized carbons (Fsp3) is 0.786. The Morgan fingerprint density at radius 1 is 0.415 bits per heavy atom. The van der Waals surface area contributed by atoms with Crippen molar-refractivity contribution in [3.63, 3.8) is 0 Å². The molecule has 0 amide bonds. The first-order chi connectivity index (χ1) is 31.3. The standard InChI is InChI=1S/C56H98O7S.Na/c1-3-5-7-9-11-13-15-17-19-21-23-25-27-29-31-33-35-37-39-41-43-45-49-62-55(57)53-48-47-52(64(59,60)61)51-54(53)56(58)63-50-46-44-42-40-38-36-34-32-30-28-26-24-22-20-18-16-14-12-10-8-6-4-2;/h25-28,47-48,51H,3-24,29-46,49-50H2,1-2H3,(H,59,60,61);/q;+1/p-1/b27-25+,28-26+;. The molecule has 0 N–H and O–H groups in total. The summed E-state index contributed by atoms with van der Waals surface area (Å²) in [5.41, 5.74) is -0.337. The fourth-order valence-electron chi connectivity index (χ4n) is 8.33. The van der Waals surface area contributed by atoms with Crippen LogP contribution in [0.1, 0.15) is 291 Å². The van der Waals surface area contributed by atoms with Crippen LogP contribution in [0.2, 0.25) is 0 Å². The Balaban J connectivity index is 0.0000410. The third-order valence-electron chi connectivity index (χ3n) is 12.5. The van der Waals surface area contributed by atoms with Gasteiger partial charge in [-0.1, -0.05) is 231 Å². The Kier molecular flexibility index (Phi) is 46.5. The molecule has 0 atom stereocenters. The summed E-state index contributed by atoms with van der Waals surface area (Å²) in [6.45, 7) is 4.91. The van der Waals surface area contributed by atoms with E-state index >= 15 is 0 Å². The van der Waals surface area contributed by atoms with Crippen molar-refractivity contribution in [3.8, 4) is 0 Å². The van der Waals surface area contributed by atoms with Gasteiger partial charge in [-0.2, -0.15) is 0 Å². The number of ether oxygens (including phenoxy) is 2. The van der Waals surface area contributed by atoms with E-state index in [2.05, 4.69) is 38.2 Å². The maximum absolute atomic E-state index is 13.0. The molecule has 0 bridgehead atoms. The monoisotopic (exact) mass is 937 g/mol. The van der Waals surface area contributed by atoms with Gasteiger partial charge in [-0.25, -0.2) is 18.0 Å². The predicted molar refractivity (Wildman–Crippen MR) is 269 cm³/mol. The van der Waals surface area contributed by atoms with Crippen LogP contribution in [0.3, 0.4) is 0 Å². The molecule has 0 aromatic heterocycles. The first-order valence-electron chi connectivity index (χ1n) is 27.0. The topological polar surface area (TPSA) is 110 Å². The average molecular weight is 937 g/mol. The van der Waals surface area contributed by atoms with Crippen molar-refractivity contribution in [2.45, 2.75) is 276 Å². The largest absolute Gasteiger partial charge is 1.00 e. The van der Waals surface area contributed by atoms with Crippen molar-refractivity contribution in [1.82, 2.24) is 0 Å². The van der Waals surface area contributed by atoms with E-state index in [9.17, 15) is 22.6 Å². The van der Waals surface area contributed by atoms with E-state index in [1.165, 1.54) is 212 Å². The third kappa shape index (κ3) is 40.2. The minimum atomic E-state index is -4.82. The number of rotatable bonds is 47. The van der Waals surface area contributed by atoms with E-state index < -0.39 is 27.0 Å². The zero-order chi connectivity index (χ0) is 46.4. The molecule has 0 unspecified atom stereocenters. The molecule has 0 heterocycles. The molecule has 370 valence electrons. The zero-order valence-electron chi connectivity index (χ0n) is 42.5. The van der Waals surface area contributed by atoms with Crippen LogP contribution in [0.5, 0.6) is 0 Å². The fourth-order valence-corrected chi connectivity index (χ4v) is 8.83. The van der Waals surface area contributed by atoms with Crippen LogP contribution in [0.4, 0.5) is 0 Å². The maximum Gasteiger partial charge on any atom is 1.00 e. The van der Waals surface area contributed by atoms with Gasteiger partial charge in [0.05, 0.1) is 29.2 Å². The van der Waals surface area contributed by atoms with E-state index in [4.69, 9.17) is 9.47 Å². The molecule has 0 aliphatic heterocycles. The Bertz CT molecular complexity index is 1410. The number of hydrogen-bond donors (Lipinski definition) is 0. The number of allylic oxidation sites excluding steroid dienone is 4. The van der Waals surface area contributed by atoms with E-state index in [-0.39, 0.29) is 53.9 Å². The summed E-state index contributed by atoms with van der Waals surface area (Å²) in [5.74, 6) is -1.55. The Morgan fingerprint density at radius 3 is 0.969 bits per heavy atom. The Morgan fingerprint density at radius 2 is 0.677 bits per heavy atom. The van der Waals surface area contributed by atoms with Crippen LogP contribution in [0.15, 0.2) is 47.4 Å². The van der Waals surface area contributed by atoms with Crippen molar-refractivity contribution in [2.75, 3.05) is 13.2 Å². The quantitative estimate of drug-likeness (QED) is 0.0210. The van der Waals surface area contributed by atoms with Crippen LogP contribution in [-0.4, -0.2) is 38.1 Å². The van der Waals surface area contributed by atoms with Gasteiger partial charge in [0.1, 0.15) is 10.1 Å². The normalized spacial score (nSPS) is 11.7. The van der Waals surface area contributed by atoms with Crippen LogP contribution in [0.25, 0.3) is 0 Å². The van der Waals surface area contributed by atoms with Gasteiger partial charge in [-0.05, 0) is 82.4 Å². The summed E-state index contributed by atoms with van der Waals surface area (Å²) in [5, 5.41) is 0. The summed E-state index contributed by atoms with van der Waals surface area (Å²) in [6, 6.07) is 3.15. The predicted octanol–water partition coefficient (Wildman–Crippen LogP) is 14.7.